The van der Waals surface area contributed by atoms with E-state index in [0.717, 1.165) is 0 Å². The van der Waals surface area contributed by atoms with Crippen LogP contribution in [0.2, 0.25) is 0 Å². The number of aliphatic hydroxyl groups excluding tert-OH is 2. The van der Waals surface area contributed by atoms with E-state index in [1.54, 1.807) is 0 Å². The van der Waals surface area contributed by atoms with E-state index in [4.69, 9.17) is 10.2 Å². The van der Waals surface area contributed by atoms with Crippen LogP contribution in [-0.4, -0.2) is 34.5 Å². The van der Waals surface area contributed by atoms with Crippen LogP contribution in [0.3, 0.4) is 0 Å². The van der Waals surface area contributed by atoms with Crippen molar-refractivity contribution in [1.82, 2.24) is 4.98 Å². The summed E-state index contributed by atoms with van der Waals surface area (Å²) in [7, 11) is 0. The number of hydrogen-bond acceptors (Lipinski definition) is 4. The minimum Gasteiger partial charge on any atom is -0.394 e. The third kappa shape index (κ3) is 2.58. The molecule has 0 spiro atoms. The predicted molar refractivity (Wildman–Crippen MR) is 45.7 cm³/mol. The van der Waals surface area contributed by atoms with Crippen LogP contribution in [0, 0.1) is 23.5 Å². The summed E-state index contributed by atoms with van der Waals surface area (Å²) in [6.07, 6.45) is -1.31. The Bertz CT molecular complexity index is 363. The van der Waals surface area contributed by atoms with Gasteiger partial charge in [0.1, 0.15) is 5.69 Å². The van der Waals surface area contributed by atoms with Gasteiger partial charge in [-0.3, -0.25) is 0 Å². The molecule has 0 aliphatic carbocycles. The minimum atomic E-state index is -1.79. The molecular weight excluding hydrogens is 232 g/mol. The Hall–Kier alpha value is -1.41. The monoisotopic (exact) mass is 240 g/mol. The Morgan fingerprint density at radius 1 is 1.12 bits per heavy atom. The van der Waals surface area contributed by atoms with E-state index in [0.29, 0.717) is 0 Å². The smallest absolute Gasteiger partial charge is 0.253 e. The fraction of sp³-hybridized carbons (Fsp3) is 0.375. The van der Waals surface area contributed by atoms with Gasteiger partial charge in [0, 0.05) is 6.54 Å². The lowest BCUT2D eigenvalue weighted by Gasteiger charge is -2.11. The average molecular weight is 240 g/mol. The first kappa shape index (κ1) is 12.7. The first-order chi connectivity index (χ1) is 7.47. The van der Waals surface area contributed by atoms with E-state index in [9.17, 15) is 17.6 Å². The maximum absolute atomic E-state index is 12.9. The number of aromatic nitrogens is 1. The van der Waals surface area contributed by atoms with Crippen LogP contribution in [0.1, 0.15) is 0 Å². The topological polar surface area (TPSA) is 65.4 Å². The van der Waals surface area contributed by atoms with Gasteiger partial charge in [0.15, 0.2) is 0 Å². The molecule has 0 saturated heterocycles. The normalized spacial score (nSPS) is 12.6. The zero-order valence-corrected chi connectivity index (χ0v) is 7.85. The molecule has 1 aromatic rings. The highest BCUT2D eigenvalue weighted by atomic mass is 19.2. The van der Waals surface area contributed by atoms with Crippen molar-refractivity contribution in [3.8, 4) is 0 Å². The minimum absolute atomic E-state index is 0.465. The molecule has 1 atom stereocenters. The molecule has 1 aromatic heterocycles. The number of pyridine rings is 1. The fourth-order valence-corrected chi connectivity index (χ4v) is 0.927. The Labute approximate surface area is 87.5 Å². The molecule has 0 fully saturated rings. The molecule has 1 unspecified atom stereocenters. The Kier molecular flexibility index (Phi) is 4.02. The molecule has 0 bridgehead atoms. The number of aliphatic hydroxyl groups is 2. The second kappa shape index (κ2) is 5.08. The first-order valence-corrected chi connectivity index (χ1v) is 4.20. The summed E-state index contributed by atoms with van der Waals surface area (Å²) in [4.78, 5) is 2.35. The predicted octanol–water partition coefficient (Wildman–Crippen LogP) is 0.403. The van der Waals surface area contributed by atoms with Gasteiger partial charge in [-0.05, 0) is 0 Å². The molecule has 0 amide bonds. The zero-order valence-electron chi connectivity index (χ0n) is 7.85. The standard InChI is InChI=1S/C8H8F4N2O2/c9-4-6(13-1-3(16)2-15)5(10)8(12)14-7(4)11/h3,15-16H,1-2H2,(H,13,14). The molecule has 8 heteroatoms. The molecule has 4 nitrogen and oxygen atoms in total. The number of anilines is 1. The van der Waals surface area contributed by atoms with E-state index in [1.165, 1.54) is 0 Å². The van der Waals surface area contributed by atoms with E-state index >= 15 is 0 Å². The van der Waals surface area contributed by atoms with Crippen molar-refractivity contribution in [3.63, 3.8) is 0 Å². The summed E-state index contributed by atoms with van der Waals surface area (Å²) in [5.74, 6) is -6.96. The number of rotatable bonds is 4. The van der Waals surface area contributed by atoms with Crippen molar-refractivity contribution >= 4 is 5.69 Å². The summed E-state index contributed by atoms with van der Waals surface area (Å²) in [6.45, 7) is -1.13. The molecule has 1 rings (SSSR count). The van der Waals surface area contributed by atoms with Crippen molar-refractivity contribution < 1.29 is 27.8 Å². The van der Waals surface area contributed by atoms with Crippen molar-refractivity contribution in [3.05, 3.63) is 23.5 Å². The van der Waals surface area contributed by atoms with E-state index < -0.39 is 48.5 Å². The molecule has 0 aliphatic heterocycles. The molecular formula is C8H8F4N2O2. The third-order valence-corrected chi connectivity index (χ3v) is 1.72. The van der Waals surface area contributed by atoms with Gasteiger partial charge in [0.2, 0.25) is 11.6 Å². The highest BCUT2D eigenvalue weighted by Gasteiger charge is 2.20. The highest BCUT2D eigenvalue weighted by Crippen LogP contribution is 2.21. The molecule has 0 aliphatic rings. The SMILES string of the molecule is OCC(O)CNc1c(F)c(F)nc(F)c1F. The van der Waals surface area contributed by atoms with E-state index in [2.05, 4.69) is 4.98 Å². The Morgan fingerprint density at radius 2 is 1.62 bits per heavy atom. The van der Waals surface area contributed by atoms with Crippen molar-refractivity contribution in [2.75, 3.05) is 18.5 Å². The fourth-order valence-electron chi connectivity index (χ4n) is 0.927. The van der Waals surface area contributed by atoms with E-state index in [1.807, 2.05) is 5.32 Å². The largest absolute Gasteiger partial charge is 0.394 e. The van der Waals surface area contributed by atoms with Crippen LogP contribution in [0.15, 0.2) is 0 Å². The molecule has 0 aromatic carbocycles. The van der Waals surface area contributed by atoms with Crippen LogP contribution in [-0.2, 0) is 0 Å². The van der Waals surface area contributed by atoms with Gasteiger partial charge >= 0.3 is 0 Å². The third-order valence-electron chi connectivity index (χ3n) is 1.72. The number of nitrogens with one attached hydrogen (secondary N) is 1. The van der Waals surface area contributed by atoms with Gasteiger partial charge in [0.25, 0.3) is 11.9 Å². The van der Waals surface area contributed by atoms with Gasteiger partial charge in [0.05, 0.1) is 12.7 Å². The maximum atomic E-state index is 12.9. The zero-order chi connectivity index (χ0) is 12.3. The van der Waals surface area contributed by atoms with Gasteiger partial charge in [-0.15, -0.1) is 0 Å². The Morgan fingerprint density at radius 3 is 2.06 bits per heavy atom. The summed E-state index contributed by atoms with van der Waals surface area (Å²) >= 11 is 0. The van der Waals surface area contributed by atoms with Gasteiger partial charge in [-0.2, -0.15) is 22.5 Å². The van der Waals surface area contributed by atoms with Crippen molar-refractivity contribution in [2.24, 2.45) is 0 Å². The van der Waals surface area contributed by atoms with Gasteiger partial charge in [-0.1, -0.05) is 0 Å². The van der Waals surface area contributed by atoms with Crippen LogP contribution in [0.25, 0.3) is 0 Å². The van der Waals surface area contributed by atoms with Crippen LogP contribution < -0.4 is 5.32 Å². The maximum Gasteiger partial charge on any atom is 0.253 e. The summed E-state index contributed by atoms with van der Waals surface area (Å²) in [6, 6.07) is 0. The molecule has 0 radical (unpaired) electrons. The number of halogens is 4. The van der Waals surface area contributed by atoms with Gasteiger partial charge in [-0.25, -0.2) is 0 Å². The lowest BCUT2D eigenvalue weighted by Crippen LogP contribution is -2.24. The van der Waals surface area contributed by atoms with Crippen LogP contribution in [0.4, 0.5) is 23.2 Å². The highest BCUT2D eigenvalue weighted by molar-refractivity contribution is 5.45. The first-order valence-electron chi connectivity index (χ1n) is 4.20. The summed E-state index contributed by atoms with van der Waals surface area (Å²) in [5.41, 5.74) is -1.07. The Balaban J connectivity index is 2.94. The van der Waals surface area contributed by atoms with Gasteiger partial charge < -0.3 is 15.5 Å². The molecule has 16 heavy (non-hydrogen) atoms. The lowest BCUT2D eigenvalue weighted by molar-refractivity contribution is 0.105. The average Bonchev–Trinajstić information content (AvgIpc) is 2.26. The molecule has 90 valence electrons. The lowest BCUT2D eigenvalue weighted by atomic mass is 10.3. The molecule has 3 N–H and O–H groups in total. The quantitative estimate of drug-likeness (QED) is 0.526. The van der Waals surface area contributed by atoms with Crippen LogP contribution >= 0.6 is 0 Å². The van der Waals surface area contributed by atoms with Crippen molar-refractivity contribution in [2.45, 2.75) is 6.10 Å². The summed E-state index contributed by atoms with van der Waals surface area (Å²) < 4.78 is 51.1. The molecule has 0 saturated carbocycles. The summed E-state index contributed by atoms with van der Waals surface area (Å²) in [5, 5.41) is 19.2. The second-order valence-corrected chi connectivity index (χ2v) is 2.91. The van der Waals surface area contributed by atoms with E-state index in [-0.39, 0.29) is 0 Å². The number of nitrogens with zero attached hydrogens (tertiary/aromatic N) is 1. The van der Waals surface area contributed by atoms with Crippen LogP contribution in [0.5, 0.6) is 0 Å². The second-order valence-electron chi connectivity index (χ2n) is 2.91. The molecule has 1 heterocycles. The number of hydrogen-bond donors (Lipinski definition) is 3. The van der Waals surface area contributed by atoms with Crippen molar-refractivity contribution in [1.29, 1.82) is 0 Å².